The minimum atomic E-state index is -2.03. The number of hydrogen-bond acceptors (Lipinski definition) is 4. The molecule has 0 saturated heterocycles. The highest BCUT2D eigenvalue weighted by Crippen LogP contribution is 2.12. The van der Waals surface area contributed by atoms with E-state index in [1.807, 2.05) is 26.5 Å². The van der Waals surface area contributed by atoms with Crippen molar-refractivity contribution in [1.29, 1.82) is 0 Å². The molecule has 7 heteroatoms. The number of carbonyl (C=O) groups excluding carboxylic acids is 1. The zero-order chi connectivity index (χ0) is 14.5. The fourth-order valence-electron chi connectivity index (χ4n) is 1.80. The van der Waals surface area contributed by atoms with Crippen LogP contribution in [-0.4, -0.2) is 45.1 Å². The molecule has 0 aliphatic rings. The highest BCUT2D eigenvalue weighted by Gasteiger charge is 2.27. The fourth-order valence-corrected chi connectivity index (χ4v) is 3.20. The Bertz CT molecular complexity index is 430. The molecule has 1 amide bonds. The minimum absolute atomic E-state index is 0.191. The van der Waals surface area contributed by atoms with Gasteiger partial charge in [0.25, 0.3) is 0 Å². The number of amides is 1. The second-order valence-electron chi connectivity index (χ2n) is 4.72. The van der Waals surface area contributed by atoms with Gasteiger partial charge < -0.3 is 14.2 Å². The minimum Gasteiger partial charge on any atom is -0.398 e. The van der Waals surface area contributed by atoms with E-state index in [9.17, 15) is 4.79 Å². The molecule has 108 valence electrons. The summed E-state index contributed by atoms with van der Waals surface area (Å²) in [6.07, 6.45) is 0.829. The molecule has 1 aromatic rings. The molecule has 0 saturated carbocycles. The highest BCUT2D eigenvalue weighted by molar-refractivity contribution is 6.65. The summed E-state index contributed by atoms with van der Waals surface area (Å²) >= 11 is 0. The van der Waals surface area contributed by atoms with Crippen molar-refractivity contribution in [1.82, 2.24) is 15.1 Å². The Kier molecular flexibility index (Phi) is 5.71. The fraction of sp³-hybridized carbons (Fsp3) is 0.667. The van der Waals surface area contributed by atoms with Crippen molar-refractivity contribution >= 4 is 14.6 Å². The summed E-state index contributed by atoms with van der Waals surface area (Å²) in [4.78, 5) is 11.9. The van der Waals surface area contributed by atoms with E-state index >= 15 is 0 Å². The highest BCUT2D eigenvalue weighted by atomic mass is 28.4. The third-order valence-electron chi connectivity index (χ3n) is 3.15. The molecule has 0 unspecified atom stereocenters. The number of aryl methyl sites for hydroxylation is 2. The monoisotopic (exact) mass is 285 g/mol. The molecule has 1 N–H and O–H groups in total. The van der Waals surface area contributed by atoms with Gasteiger partial charge in [0.05, 0.1) is 5.69 Å². The third kappa shape index (κ3) is 4.45. The van der Waals surface area contributed by atoms with Gasteiger partial charge in [0.2, 0.25) is 0 Å². The van der Waals surface area contributed by atoms with Crippen LogP contribution in [0.1, 0.15) is 17.8 Å². The van der Waals surface area contributed by atoms with E-state index in [1.165, 1.54) is 4.68 Å². The lowest BCUT2D eigenvalue weighted by molar-refractivity contribution is 0.237. The lowest BCUT2D eigenvalue weighted by atomic mass is 10.4. The van der Waals surface area contributed by atoms with E-state index in [-0.39, 0.29) is 6.03 Å². The number of aromatic nitrogens is 2. The average molecular weight is 285 g/mol. The van der Waals surface area contributed by atoms with Gasteiger partial charge in [-0.2, -0.15) is 9.78 Å². The van der Waals surface area contributed by atoms with Gasteiger partial charge in [0, 0.05) is 26.5 Å². The van der Waals surface area contributed by atoms with Crippen LogP contribution in [0.4, 0.5) is 4.79 Å². The summed E-state index contributed by atoms with van der Waals surface area (Å²) in [6.45, 7) is 6.33. The van der Waals surface area contributed by atoms with Crippen LogP contribution in [-0.2, 0) is 8.85 Å². The first-order valence-electron chi connectivity index (χ1n) is 6.33. The number of hydrogen-bond donors (Lipinski definition) is 1. The van der Waals surface area contributed by atoms with Crippen LogP contribution in [0.25, 0.3) is 0 Å². The maximum Gasteiger partial charge on any atom is 0.342 e. The van der Waals surface area contributed by atoms with Gasteiger partial charge in [0.1, 0.15) is 0 Å². The molecule has 0 aliphatic carbocycles. The smallest absolute Gasteiger partial charge is 0.342 e. The van der Waals surface area contributed by atoms with E-state index in [0.29, 0.717) is 6.54 Å². The standard InChI is InChI=1S/C12H23N3O3Si/c1-10-9-11(2)15(14-10)12(16)13-7-6-8-19(5,17-3)18-4/h9H,6-8H2,1-5H3,(H,13,16). The Morgan fingerprint density at radius 2 is 2.05 bits per heavy atom. The van der Waals surface area contributed by atoms with Crippen molar-refractivity contribution in [2.45, 2.75) is 32.9 Å². The molecule has 0 atom stereocenters. The van der Waals surface area contributed by atoms with Crippen LogP contribution in [0.3, 0.4) is 0 Å². The topological polar surface area (TPSA) is 65.4 Å². The molecule has 0 radical (unpaired) electrons. The Labute approximate surface area is 115 Å². The zero-order valence-corrected chi connectivity index (χ0v) is 13.3. The number of rotatable bonds is 6. The predicted molar refractivity (Wildman–Crippen MR) is 75.6 cm³/mol. The summed E-state index contributed by atoms with van der Waals surface area (Å²) in [5, 5.41) is 6.98. The van der Waals surface area contributed by atoms with Crippen molar-refractivity contribution in [3.63, 3.8) is 0 Å². The first-order chi connectivity index (χ1) is 8.91. The molecule has 0 spiro atoms. The van der Waals surface area contributed by atoms with Crippen molar-refractivity contribution in [2.24, 2.45) is 0 Å². The number of carbonyl (C=O) groups is 1. The van der Waals surface area contributed by atoms with Crippen LogP contribution in [0.2, 0.25) is 12.6 Å². The summed E-state index contributed by atoms with van der Waals surface area (Å²) in [7, 11) is 1.31. The Balaban J connectivity index is 2.38. The molecule has 1 aromatic heterocycles. The Hall–Kier alpha value is -1.18. The Morgan fingerprint density at radius 3 is 2.53 bits per heavy atom. The summed E-state index contributed by atoms with van der Waals surface area (Å²) < 4.78 is 12.2. The summed E-state index contributed by atoms with van der Waals surface area (Å²) in [5.41, 5.74) is 1.68. The Morgan fingerprint density at radius 1 is 1.42 bits per heavy atom. The largest absolute Gasteiger partial charge is 0.398 e. The maximum atomic E-state index is 11.9. The van der Waals surface area contributed by atoms with E-state index in [2.05, 4.69) is 10.4 Å². The molecular formula is C12H23N3O3Si. The van der Waals surface area contributed by atoms with E-state index in [4.69, 9.17) is 8.85 Å². The lowest BCUT2D eigenvalue weighted by Gasteiger charge is -2.22. The van der Waals surface area contributed by atoms with Gasteiger partial charge in [-0.25, -0.2) is 4.79 Å². The van der Waals surface area contributed by atoms with Crippen molar-refractivity contribution < 1.29 is 13.6 Å². The third-order valence-corrected chi connectivity index (χ3v) is 6.14. The molecule has 0 bridgehead atoms. The quantitative estimate of drug-likeness (QED) is 0.639. The summed E-state index contributed by atoms with van der Waals surface area (Å²) in [6, 6.07) is 2.53. The first-order valence-corrected chi connectivity index (χ1v) is 8.86. The number of nitrogens with zero attached hydrogens (tertiary/aromatic N) is 2. The normalized spacial score (nSPS) is 11.6. The van der Waals surface area contributed by atoms with Crippen LogP contribution in [0, 0.1) is 13.8 Å². The molecular weight excluding hydrogens is 262 g/mol. The van der Waals surface area contributed by atoms with Gasteiger partial charge in [-0.1, -0.05) is 0 Å². The zero-order valence-electron chi connectivity index (χ0n) is 12.3. The van der Waals surface area contributed by atoms with Crippen LogP contribution >= 0.6 is 0 Å². The van der Waals surface area contributed by atoms with Gasteiger partial charge in [-0.15, -0.1) is 0 Å². The van der Waals surface area contributed by atoms with E-state index < -0.39 is 8.56 Å². The molecule has 1 heterocycles. The van der Waals surface area contributed by atoms with Crippen LogP contribution in [0.5, 0.6) is 0 Å². The number of nitrogens with one attached hydrogen (secondary N) is 1. The van der Waals surface area contributed by atoms with Crippen molar-refractivity contribution in [2.75, 3.05) is 20.8 Å². The SMILES string of the molecule is CO[Si](C)(CCCNC(=O)n1nc(C)cc1C)OC. The second kappa shape index (κ2) is 6.83. The summed E-state index contributed by atoms with van der Waals surface area (Å²) in [5.74, 6) is 0. The van der Waals surface area contributed by atoms with Crippen LogP contribution in [0.15, 0.2) is 6.07 Å². The van der Waals surface area contributed by atoms with Crippen LogP contribution < -0.4 is 5.32 Å². The average Bonchev–Trinajstić information content (AvgIpc) is 2.73. The molecule has 6 nitrogen and oxygen atoms in total. The molecule has 0 aliphatic heterocycles. The molecule has 1 rings (SSSR count). The van der Waals surface area contributed by atoms with Gasteiger partial charge >= 0.3 is 14.6 Å². The van der Waals surface area contributed by atoms with Gasteiger partial charge in [-0.3, -0.25) is 0 Å². The molecule has 0 aromatic carbocycles. The lowest BCUT2D eigenvalue weighted by Crippen LogP contribution is -2.37. The van der Waals surface area contributed by atoms with Gasteiger partial charge in [0.15, 0.2) is 0 Å². The van der Waals surface area contributed by atoms with E-state index in [1.54, 1.807) is 14.2 Å². The van der Waals surface area contributed by atoms with Crippen molar-refractivity contribution in [3.8, 4) is 0 Å². The first kappa shape index (κ1) is 15.9. The van der Waals surface area contributed by atoms with E-state index in [0.717, 1.165) is 23.9 Å². The second-order valence-corrected chi connectivity index (χ2v) is 8.30. The maximum absolute atomic E-state index is 11.9. The predicted octanol–water partition coefficient (Wildman–Crippen LogP) is 1.81. The molecule has 0 fully saturated rings. The van der Waals surface area contributed by atoms with Crippen molar-refractivity contribution in [3.05, 3.63) is 17.5 Å². The molecule has 19 heavy (non-hydrogen) atoms. The van der Waals surface area contributed by atoms with Gasteiger partial charge in [-0.05, 0) is 38.9 Å².